The van der Waals surface area contributed by atoms with Gasteiger partial charge in [0.15, 0.2) is 0 Å². The predicted molar refractivity (Wildman–Crippen MR) is 234 cm³/mol. The SMILES string of the molecule is CC(C)c1cc(-c2ccccc2)cc(C(C)C)c1-n1c(-c2cccc3c2oc2cc(-c4ccc(-c5ccccc5)cc4)ccc23)nc2cnc3ccccc3c21. The van der Waals surface area contributed by atoms with Crippen LogP contribution in [-0.4, -0.2) is 14.5 Å². The number of benzene rings is 7. The number of hydrogen-bond acceptors (Lipinski definition) is 3. The first kappa shape index (κ1) is 33.8. The van der Waals surface area contributed by atoms with Gasteiger partial charge in [0.2, 0.25) is 0 Å². The summed E-state index contributed by atoms with van der Waals surface area (Å²) < 4.78 is 9.35. The Labute approximate surface area is 326 Å². The van der Waals surface area contributed by atoms with Crippen LogP contribution in [0.15, 0.2) is 168 Å². The molecule has 0 radical (unpaired) electrons. The molecule has 0 unspecified atom stereocenters. The van der Waals surface area contributed by atoms with Crippen molar-refractivity contribution in [3.63, 3.8) is 0 Å². The number of furan rings is 1. The molecule has 0 spiro atoms. The van der Waals surface area contributed by atoms with Crippen LogP contribution in [-0.2, 0) is 0 Å². The average Bonchev–Trinajstić information content (AvgIpc) is 3.82. The Bertz CT molecular complexity index is 3030. The molecule has 0 aliphatic rings. The van der Waals surface area contributed by atoms with Crippen molar-refractivity contribution in [2.45, 2.75) is 39.5 Å². The molecular weight excluding hydrogens is 683 g/mol. The van der Waals surface area contributed by atoms with Gasteiger partial charge in [-0.15, -0.1) is 0 Å². The zero-order chi connectivity index (χ0) is 37.9. The molecule has 0 atom stereocenters. The van der Waals surface area contributed by atoms with Crippen LogP contribution in [0.25, 0.3) is 94.3 Å². The third-order valence-corrected chi connectivity index (χ3v) is 11.2. The van der Waals surface area contributed by atoms with Crippen LogP contribution in [0.3, 0.4) is 0 Å². The molecule has 3 heterocycles. The first-order valence-electron chi connectivity index (χ1n) is 19.5. The van der Waals surface area contributed by atoms with Crippen molar-refractivity contribution in [3.8, 4) is 50.5 Å². The number of hydrogen-bond donors (Lipinski definition) is 0. The second kappa shape index (κ2) is 13.5. The second-order valence-electron chi connectivity index (χ2n) is 15.4. The monoisotopic (exact) mass is 723 g/mol. The van der Waals surface area contributed by atoms with Crippen LogP contribution in [0.2, 0.25) is 0 Å². The minimum absolute atomic E-state index is 0.242. The van der Waals surface area contributed by atoms with E-state index in [4.69, 9.17) is 14.4 Å². The Morgan fingerprint density at radius 3 is 1.73 bits per heavy atom. The maximum absolute atomic E-state index is 6.93. The van der Waals surface area contributed by atoms with E-state index in [0.29, 0.717) is 0 Å². The second-order valence-corrected chi connectivity index (χ2v) is 15.4. The van der Waals surface area contributed by atoms with Gasteiger partial charge < -0.3 is 4.42 Å². The van der Waals surface area contributed by atoms with Gasteiger partial charge in [0.25, 0.3) is 0 Å². The Morgan fingerprint density at radius 2 is 1.05 bits per heavy atom. The standard InChI is InChI=1S/C52H41N3O/c1-32(2)44-28-39(35-16-9-6-10-17-35)29-45(33(3)4)49(44)55-50-42-18-11-12-21-46(42)53-31-47(50)54-52(55)43-20-13-19-41-40-27-26-38(30-48(40)56-51(41)43)37-24-22-36(23-25-37)34-14-7-5-8-15-34/h5-33H,1-4H3. The molecule has 3 aromatic heterocycles. The molecule has 0 bridgehead atoms. The molecule has 56 heavy (non-hydrogen) atoms. The summed E-state index contributed by atoms with van der Waals surface area (Å²) in [5, 5.41) is 3.22. The molecule has 10 aromatic rings. The van der Waals surface area contributed by atoms with Gasteiger partial charge in [0.1, 0.15) is 22.5 Å². The van der Waals surface area contributed by atoms with Gasteiger partial charge in [-0.2, -0.15) is 0 Å². The van der Waals surface area contributed by atoms with E-state index in [2.05, 4.69) is 190 Å². The molecule has 270 valence electrons. The predicted octanol–water partition coefficient (Wildman–Crippen LogP) is 14.4. The van der Waals surface area contributed by atoms with Gasteiger partial charge in [-0.05, 0) is 92.7 Å². The summed E-state index contributed by atoms with van der Waals surface area (Å²) in [6.07, 6.45) is 1.92. The quantitative estimate of drug-likeness (QED) is 0.164. The number of nitrogens with zero attached hydrogens (tertiary/aromatic N) is 3. The number of aromatic nitrogens is 3. The largest absolute Gasteiger partial charge is 0.455 e. The molecule has 7 aromatic carbocycles. The molecule has 0 saturated carbocycles. The smallest absolute Gasteiger partial charge is 0.149 e. The van der Waals surface area contributed by atoms with Crippen LogP contribution in [0.4, 0.5) is 0 Å². The lowest BCUT2D eigenvalue weighted by Crippen LogP contribution is -2.09. The highest BCUT2D eigenvalue weighted by Gasteiger charge is 2.26. The summed E-state index contributed by atoms with van der Waals surface area (Å²) in [6, 6.07) is 56.2. The zero-order valence-electron chi connectivity index (χ0n) is 32.0. The van der Waals surface area contributed by atoms with Gasteiger partial charge in [-0.3, -0.25) is 9.55 Å². The molecule has 0 amide bonds. The molecule has 0 saturated heterocycles. The third kappa shape index (κ3) is 5.60. The van der Waals surface area contributed by atoms with Crippen molar-refractivity contribution in [2.24, 2.45) is 0 Å². The lowest BCUT2D eigenvalue weighted by Gasteiger charge is -2.24. The summed E-state index contributed by atoms with van der Waals surface area (Å²) in [5.74, 6) is 1.33. The van der Waals surface area contributed by atoms with E-state index >= 15 is 0 Å². The van der Waals surface area contributed by atoms with E-state index in [1.54, 1.807) is 0 Å². The lowest BCUT2D eigenvalue weighted by molar-refractivity contribution is 0.669. The van der Waals surface area contributed by atoms with E-state index in [0.717, 1.165) is 66.4 Å². The number of para-hydroxylation sites is 2. The van der Waals surface area contributed by atoms with Crippen molar-refractivity contribution < 1.29 is 4.42 Å². The van der Waals surface area contributed by atoms with E-state index in [-0.39, 0.29) is 11.8 Å². The van der Waals surface area contributed by atoms with Gasteiger partial charge in [0, 0.05) is 16.2 Å². The summed E-state index contributed by atoms with van der Waals surface area (Å²) in [4.78, 5) is 10.3. The molecule has 0 aliphatic carbocycles. The lowest BCUT2D eigenvalue weighted by atomic mass is 9.88. The topological polar surface area (TPSA) is 43.9 Å². The number of pyridine rings is 1. The highest BCUT2D eigenvalue weighted by molar-refractivity contribution is 6.11. The average molecular weight is 724 g/mol. The Morgan fingerprint density at radius 1 is 0.482 bits per heavy atom. The molecular formula is C52H41N3O. The first-order chi connectivity index (χ1) is 27.4. The number of rotatable bonds is 7. The fourth-order valence-electron chi connectivity index (χ4n) is 8.36. The van der Waals surface area contributed by atoms with Gasteiger partial charge >= 0.3 is 0 Å². The first-order valence-corrected chi connectivity index (χ1v) is 19.5. The van der Waals surface area contributed by atoms with Gasteiger partial charge in [0.05, 0.1) is 28.5 Å². The van der Waals surface area contributed by atoms with Crippen molar-refractivity contribution >= 4 is 43.9 Å². The summed E-state index contributed by atoms with van der Waals surface area (Å²) in [7, 11) is 0. The van der Waals surface area contributed by atoms with Crippen LogP contribution in [0.1, 0.15) is 50.7 Å². The Balaban J connectivity index is 1.21. The zero-order valence-corrected chi connectivity index (χ0v) is 32.0. The van der Waals surface area contributed by atoms with Crippen molar-refractivity contribution in [1.82, 2.24) is 14.5 Å². The molecule has 4 heteroatoms. The number of fused-ring (bicyclic) bond motifs is 6. The maximum atomic E-state index is 6.93. The summed E-state index contributed by atoms with van der Waals surface area (Å²) in [5.41, 5.74) is 16.3. The van der Waals surface area contributed by atoms with E-state index in [1.165, 1.54) is 39.1 Å². The fourth-order valence-corrected chi connectivity index (χ4v) is 8.36. The summed E-state index contributed by atoms with van der Waals surface area (Å²) in [6.45, 7) is 9.18. The third-order valence-electron chi connectivity index (χ3n) is 11.2. The Kier molecular flexibility index (Phi) is 8.14. The van der Waals surface area contributed by atoms with Crippen LogP contribution in [0, 0.1) is 0 Å². The van der Waals surface area contributed by atoms with E-state index in [9.17, 15) is 0 Å². The van der Waals surface area contributed by atoms with Crippen LogP contribution < -0.4 is 0 Å². The van der Waals surface area contributed by atoms with Crippen LogP contribution >= 0.6 is 0 Å². The van der Waals surface area contributed by atoms with Crippen LogP contribution in [0.5, 0.6) is 0 Å². The van der Waals surface area contributed by atoms with Crippen molar-refractivity contribution in [1.29, 1.82) is 0 Å². The van der Waals surface area contributed by atoms with Crippen molar-refractivity contribution in [3.05, 3.63) is 175 Å². The highest BCUT2D eigenvalue weighted by atomic mass is 16.3. The van der Waals surface area contributed by atoms with Gasteiger partial charge in [-0.25, -0.2) is 4.98 Å². The highest BCUT2D eigenvalue weighted by Crippen LogP contribution is 2.44. The van der Waals surface area contributed by atoms with Crippen molar-refractivity contribution in [2.75, 3.05) is 0 Å². The molecule has 0 N–H and O–H groups in total. The van der Waals surface area contributed by atoms with E-state index in [1.807, 2.05) is 6.20 Å². The number of imidazole rings is 1. The fraction of sp³-hybridized carbons (Fsp3) is 0.115. The molecule has 0 fully saturated rings. The molecule has 4 nitrogen and oxygen atoms in total. The minimum Gasteiger partial charge on any atom is -0.455 e. The maximum Gasteiger partial charge on any atom is 0.149 e. The summed E-state index contributed by atoms with van der Waals surface area (Å²) >= 11 is 0. The normalized spacial score (nSPS) is 11.9. The minimum atomic E-state index is 0.242. The van der Waals surface area contributed by atoms with Gasteiger partial charge in [-0.1, -0.05) is 149 Å². The van der Waals surface area contributed by atoms with E-state index < -0.39 is 0 Å². The molecule has 0 aliphatic heterocycles. The Hall–Kier alpha value is -6.78. The molecule has 10 rings (SSSR count).